The number of nitrogens with zero attached hydrogens (tertiary/aromatic N) is 2. The van der Waals surface area contributed by atoms with Gasteiger partial charge in [-0.25, -0.2) is 4.79 Å². The lowest BCUT2D eigenvalue weighted by Gasteiger charge is -2.37. The Kier molecular flexibility index (Phi) is 3.14. The van der Waals surface area contributed by atoms with Crippen molar-refractivity contribution in [2.45, 2.75) is 25.8 Å². The number of hydrogen-bond donors (Lipinski definition) is 0. The van der Waals surface area contributed by atoms with Gasteiger partial charge in [-0.2, -0.15) is 0 Å². The van der Waals surface area contributed by atoms with Crippen molar-refractivity contribution in [1.82, 2.24) is 9.80 Å². The molecule has 1 atom stereocenters. The highest BCUT2D eigenvalue weighted by atomic mass is 16.5. The minimum atomic E-state index is -0.186. The molecule has 1 aliphatic heterocycles. The van der Waals surface area contributed by atoms with Crippen LogP contribution in [0.3, 0.4) is 0 Å². The highest BCUT2D eigenvalue weighted by Gasteiger charge is 2.33. The molecule has 0 radical (unpaired) electrons. The van der Waals surface area contributed by atoms with Crippen LogP contribution in [0, 0.1) is 5.92 Å². The lowest BCUT2D eigenvalue weighted by atomic mass is 10.1. The zero-order chi connectivity index (χ0) is 10.8. The van der Waals surface area contributed by atoms with Gasteiger partial charge >= 0.3 is 6.09 Å². The van der Waals surface area contributed by atoms with Crippen LogP contribution in [-0.4, -0.2) is 55.2 Å². The number of rotatable bonds is 2. The predicted octanol–water partition coefficient (Wildman–Crippen LogP) is 1.17. The maximum Gasteiger partial charge on any atom is 0.409 e. The maximum atomic E-state index is 11.3. The fourth-order valence-corrected chi connectivity index (χ4v) is 2.32. The van der Waals surface area contributed by atoms with Gasteiger partial charge in [-0.1, -0.05) is 0 Å². The Hall–Kier alpha value is -0.770. The molecule has 0 N–H and O–H groups in total. The number of carbonyl (C=O) groups excluding carboxylic acids is 1. The van der Waals surface area contributed by atoms with E-state index in [4.69, 9.17) is 4.74 Å². The summed E-state index contributed by atoms with van der Waals surface area (Å²) in [5, 5.41) is 0. The van der Waals surface area contributed by atoms with Crippen LogP contribution in [0.1, 0.15) is 19.8 Å². The minimum Gasteiger partial charge on any atom is -0.453 e. The average molecular weight is 212 g/mol. The molecule has 0 aromatic carbocycles. The smallest absolute Gasteiger partial charge is 0.409 e. The molecule has 86 valence electrons. The van der Waals surface area contributed by atoms with Crippen molar-refractivity contribution in [2.75, 3.05) is 33.3 Å². The summed E-state index contributed by atoms with van der Waals surface area (Å²) < 4.78 is 4.71. The van der Waals surface area contributed by atoms with Gasteiger partial charge in [0.15, 0.2) is 0 Å². The SMILES string of the molecule is COC(=O)N1CCN(C(C)C2CC2)CC1. The van der Waals surface area contributed by atoms with Crippen molar-refractivity contribution in [1.29, 1.82) is 0 Å². The summed E-state index contributed by atoms with van der Waals surface area (Å²) in [6.07, 6.45) is 2.59. The Morgan fingerprint density at radius 1 is 1.27 bits per heavy atom. The molecule has 2 aliphatic rings. The summed E-state index contributed by atoms with van der Waals surface area (Å²) in [6.45, 7) is 5.92. The molecule has 4 heteroatoms. The van der Waals surface area contributed by atoms with Crippen molar-refractivity contribution in [2.24, 2.45) is 5.92 Å². The molecule has 15 heavy (non-hydrogen) atoms. The molecule has 0 aromatic rings. The number of piperazine rings is 1. The summed E-state index contributed by atoms with van der Waals surface area (Å²) in [5.41, 5.74) is 0. The first-order valence-electron chi connectivity index (χ1n) is 5.79. The van der Waals surface area contributed by atoms with Crippen LogP contribution < -0.4 is 0 Å². The number of hydrogen-bond acceptors (Lipinski definition) is 3. The summed E-state index contributed by atoms with van der Waals surface area (Å²) in [5.74, 6) is 0.912. The summed E-state index contributed by atoms with van der Waals surface area (Å²) in [6, 6.07) is 0.699. The molecule has 4 nitrogen and oxygen atoms in total. The topological polar surface area (TPSA) is 32.8 Å². The van der Waals surface area contributed by atoms with E-state index in [1.165, 1.54) is 20.0 Å². The maximum absolute atomic E-state index is 11.3. The van der Waals surface area contributed by atoms with Gasteiger partial charge < -0.3 is 9.64 Å². The molecule has 0 aromatic heterocycles. The van der Waals surface area contributed by atoms with Crippen LogP contribution >= 0.6 is 0 Å². The van der Waals surface area contributed by atoms with Crippen LogP contribution in [0.2, 0.25) is 0 Å². The second kappa shape index (κ2) is 4.39. The highest BCUT2D eigenvalue weighted by molar-refractivity contribution is 5.67. The molecule has 1 unspecified atom stereocenters. The number of methoxy groups -OCH3 is 1. The zero-order valence-electron chi connectivity index (χ0n) is 9.61. The van der Waals surface area contributed by atoms with E-state index in [-0.39, 0.29) is 6.09 Å². The van der Waals surface area contributed by atoms with E-state index >= 15 is 0 Å². The first kappa shape index (κ1) is 10.7. The highest BCUT2D eigenvalue weighted by Crippen LogP contribution is 2.35. The van der Waals surface area contributed by atoms with Gasteiger partial charge in [-0.3, -0.25) is 4.90 Å². The normalized spacial score (nSPS) is 25.1. The van der Waals surface area contributed by atoms with E-state index in [2.05, 4.69) is 11.8 Å². The van der Waals surface area contributed by atoms with E-state index < -0.39 is 0 Å². The van der Waals surface area contributed by atoms with Crippen molar-refractivity contribution in [3.8, 4) is 0 Å². The minimum absolute atomic E-state index is 0.186. The van der Waals surface area contributed by atoms with Crippen LogP contribution in [0.5, 0.6) is 0 Å². The van der Waals surface area contributed by atoms with E-state index in [0.29, 0.717) is 6.04 Å². The van der Waals surface area contributed by atoms with Crippen LogP contribution in [0.25, 0.3) is 0 Å². The quantitative estimate of drug-likeness (QED) is 0.689. The molecule has 1 aliphatic carbocycles. The van der Waals surface area contributed by atoms with Crippen LogP contribution in [0.4, 0.5) is 4.79 Å². The zero-order valence-corrected chi connectivity index (χ0v) is 9.61. The summed E-state index contributed by atoms with van der Waals surface area (Å²) >= 11 is 0. The number of carbonyl (C=O) groups is 1. The Balaban J connectivity index is 1.78. The molecule has 2 rings (SSSR count). The average Bonchev–Trinajstić information content (AvgIpc) is 3.11. The van der Waals surface area contributed by atoms with Gasteiger partial charge in [0, 0.05) is 32.2 Å². The Morgan fingerprint density at radius 3 is 2.33 bits per heavy atom. The van der Waals surface area contributed by atoms with Crippen molar-refractivity contribution < 1.29 is 9.53 Å². The second-order valence-electron chi connectivity index (χ2n) is 4.57. The molecule has 1 saturated carbocycles. The van der Waals surface area contributed by atoms with Crippen molar-refractivity contribution in [3.63, 3.8) is 0 Å². The first-order valence-corrected chi connectivity index (χ1v) is 5.79. The lowest BCUT2D eigenvalue weighted by Crippen LogP contribution is -2.51. The molecule has 1 amide bonds. The van der Waals surface area contributed by atoms with Gasteiger partial charge in [0.25, 0.3) is 0 Å². The third kappa shape index (κ3) is 2.43. The lowest BCUT2D eigenvalue weighted by molar-refractivity contribution is 0.0736. The summed E-state index contributed by atoms with van der Waals surface area (Å²) in [7, 11) is 1.45. The third-order valence-electron chi connectivity index (χ3n) is 3.63. The second-order valence-corrected chi connectivity index (χ2v) is 4.57. The van der Waals surface area contributed by atoms with Gasteiger partial charge in [0.2, 0.25) is 0 Å². The predicted molar refractivity (Wildman–Crippen MR) is 57.7 cm³/mol. The Morgan fingerprint density at radius 2 is 1.87 bits per heavy atom. The molecule has 0 bridgehead atoms. The molecule has 0 spiro atoms. The van der Waals surface area contributed by atoms with Gasteiger partial charge in [-0.05, 0) is 25.7 Å². The van der Waals surface area contributed by atoms with Crippen molar-refractivity contribution in [3.05, 3.63) is 0 Å². The van der Waals surface area contributed by atoms with E-state index in [0.717, 1.165) is 32.1 Å². The van der Waals surface area contributed by atoms with E-state index in [1.807, 2.05) is 0 Å². The van der Waals surface area contributed by atoms with E-state index in [1.54, 1.807) is 4.90 Å². The Labute approximate surface area is 91.2 Å². The molecular weight excluding hydrogens is 192 g/mol. The number of ether oxygens (including phenoxy) is 1. The Bertz CT molecular complexity index is 233. The van der Waals surface area contributed by atoms with Gasteiger partial charge in [0.05, 0.1) is 7.11 Å². The van der Waals surface area contributed by atoms with Gasteiger partial charge in [-0.15, -0.1) is 0 Å². The summed E-state index contributed by atoms with van der Waals surface area (Å²) in [4.78, 5) is 15.6. The molecule has 1 heterocycles. The van der Waals surface area contributed by atoms with Crippen LogP contribution in [0.15, 0.2) is 0 Å². The standard InChI is InChI=1S/C11H20N2O2/c1-9(10-3-4-10)12-5-7-13(8-6-12)11(14)15-2/h9-10H,3-8H2,1-2H3. The fraction of sp³-hybridized carbons (Fsp3) is 0.909. The number of amides is 1. The third-order valence-corrected chi connectivity index (χ3v) is 3.63. The molecule has 1 saturated heterocycles. The van der Waals surface area contributed by atoms with Gasteiger partial charge in [0.1, 0.15) is 0 Å². The largest absolute Gasteiger partial charge is 0.453 e. The molecule has 2 fully saturated rings. The molecular formula is C11H20N2O2. The fourth-order valence-electron chi connectivity index (χ4n) is 2.32. The first-order chi connectivity index (χ1) is 7.22. The van der Waals surface area contributed by atoms with Crippen LogP contribution in [-0.2, 0) is 4.74 Å². The monoisotopic (exact) mass is 212 g/mol. The van der Waals surface area contributed by atoms with Crippen molar-refractivity contribution >= 4 is 6.09 Å². The van der Waals surface area contributed by atoms with E-state index in [9.17, 15) is 4.79 Å².